The van der Waals surface area contributed by atoms with Crippen LogP contribution in [0, 0.1) is 20.8 Å². The van der Waals surface area contributed by atoms with E-state index in [9.17, 15) is 13.5 Å². The molecule has 1 aromatic heterocycles. The van der Waals surface area contributed by atoms with E-state index in [0.717, 1.165) is 17.7 Å². The molecule has 0 aliphatic heterocycles. The highest BCUT2D eigenvalue weighted by Gasteiger charge is 2.18. The zero-order valence-electron chi connectivity index (χ0n) is 15.7. The van der Waals surface area contributed by atoms with Crippen LogP contribution in [0.2, 0.25) is 0 Å². The van der Waals surface area contributed by atoms with Gasteiger partial charge in [-0.3, -0.25) is 0 Å². The van der Waals surface area contributed by atoms with Crippen LogP contribution in [0.25, 0.3) is 0 Å². The minimum absolute atomic E-state index is 0.125. The predicted molar refractivity (Wildman–Crippen MR) is 99.9 cm³/mol. The average molecular weight is 381 g/mol. The number of benzene rings is 1. The van der Waals surface area contributed by atoms with Gasteiger partial charge < -0.3 is 14.3 Å². The van der Waals surface area contributed by atoms with Gasteiger partial charge >= 0.3 is 0 Å². The fraction of sp³-hybridized carbons (Fsp3) is 0.474. The molecule has 0 saturated carbocycles. The van der Waals surface area contributed by atoms with Gasteiger partial charge in [-0.1, -0.05) is 6.92 Å². The van der Waals surface area contributed by atoms with Crippen molar-refractivity contribution in [1.82, 2.24) is 4.72 Å². The summed E-state index contributed by atoms with van der Waals surface area (Å²) in [4.78, 5) is 0.184. The van der Waals surface area contributed by atoms with Gasteiger partial charge in [-0.05, 0) is 63.4 Å². The Kier molecular flexibility index (Phi) is 6.86. The summed E-state index contributed by atoms with van der Waals surface area (Å²) >= 11 is 0. The molecule has 2 rings (SSSR count). The van der Waals surface area contributed by atoms with Gasteiger partial charge in [-0.2, -0.15) is 0 Å². The standard InChI is InChI=1S/C19H27NO5S/c1-5-10-24-19-7-6-16(11-13(19)2)26(22,23)20-9-8-18(21)17-12-14(3)25-15(17)4/h6-7,11-12,18,20-21H,5,8-10H2,1-4H3. The predicted octanol–water partition coefficient (Wildman–Crippen LogP) is 3.40. The Morgan fingerprint density at radius 2 is 1.96 bits per heavy atom. The van der Waals surface area contributed by atoms with Crippen LogP contribution in [0.5, 0.6) is 5.75 Å². The number of aryl methyl sites for hydroxylation is 3. The first-order chi connectivity index (χ1) is 12.2. The zero-order valence-corrected chi connectivity index (χ0v) is 16.5. The quantitative estimate of drug-likeness (QED) is 0.695. The number of rotatable bonds is 9. The Hall–Kier alpha value is -1.83. The molecule has 0 saturated heterocycles. The second-order valence-corrected chi connectivity index (χ2v) is 8.11. The van der Waals surface area contributed by atoms with Gasteiger partial charge in [0, 0.05) is 12.1 Å². The number of sulfonamides is 1. The lowest BCUT2D eigenvalue weighted by molar-refractivity contribution is 0.167. The van der Waals surface area contributed by atoms with Gasteiger partial charge in [0.05, 0.1) is 17.6 Å². The lowest BCUT2D eigenvalue weighted by atomic mass is 10.1. The van der Waals surface area contributed by atoms with Crippen LogP contribution in [0.15, 0.2) is 33.6 Å². The highest BCUT2D eigenvalue weighted by atomic mass is 32.2. The first-order valence-corrected chi connectivity index (χ1v) is 10.2. The number of ether oxygens (including phenoxy) is 1. The molecule has 0 spiro atoms. The SMILES string of the molecule is CCCOc1ccc(S(=O)(=O)NCCC(O)c2cc(C)oc2C)cc1C. The van der Waals surface area contributed by atoms with Gasteiger partial charge in [0.25, 0.3) is 0 Å². The number of aliphatic hydroxyl groups is 1. The Labute approximate surface area is 155 Å². The largest absolute Gasteiger partial charge is 0.493 e. The van der Waals surface area contributed by atoms with E-state index in [1.807, 2.05) is 20.8 Å². The molecule has 1 heterocycles. The summed E-state index contributed by atoms with van der Waals surface area (Å²) < 4.78 is 38.4. The summed E-state index contributed by atoms with van der Waals surface area (Å²) in [7, 11) is -3.64. The van der Waals surface area contributed by atoms with Crippen LogP contribution < -0.4 is 9.46 Å². The van der Waals surface area contributed by atoms with E-state index >= 15 is 0 Å². The van der Waals surface area contributed by atoms with Crippen LogP contribution in [0.3, 0.4) is 0 Å². The van der Waals surface area contributed by atoms with E-state index in [-0.39, 0.29) is 17.9 Å². The molecular weight excluding hydrogens is 354 g/mol. The smallest absolute Gasteiger partial charge is 0.240 e. The topological polar surface area (TPSA) is 88.8 Å². The number of nitrogens with one attached hydrogen (secondary N) is 1. The minimum atomic E-state index is -3.64. The second-order valence-electron chi connectivity index (χ2n) is 6.35. The van der Waals surface area contributed by atoms with E-state index < -0.39 is 16.1 Å². The monoisotopic (exact) mass is 381 g/mol. The summed E-state index contributed by atoms with van der Waals surface area (Å²) in [6, 6.07) is 6.56. The van der Waals surface area contributed by atoms with Gasteiger partial charge in [0.15, 0.2) is 0 Å². The van der Waals surface area contributed by atoms with Crippen molar-refractivity contribution < 1.29 is 22.7 Å². The van der Waals surface area contributed by atoms with Crippen molar-refractivity contribution in [2.24, 2.45) is 0 Å². The van der Waals surface area contributed by atoms with E-state index in [1.54, 1.807) is 25.1 Å². The fourth-order valence-corrected chi connectivity index (χ4v) is 3.85. The number of hydrogen-bond acceptors (Lipinski definition) is 5. The van der Waals surface area contributed by atoms with Gasteiger partial charge in [-0.25, -0.2) is 13.1 Å². The minimum Gasteiger partial charge on any atom is -0.493 e. The third-order valence-corrected chi connectivity index (χ3v) is 5.53. The van der Waals surface area contributed by atoms with Gasteiger partial charge in [0.2, 0.25) is 10.0 Å². The Bertz CT molecular complexity index is 842. The molecule has 0 amide bonds. The van der Waals surface area contributed by atoms with E-state index in [4.69, 9.17) is 9.15 Å². The molecule has 1 unspecified atom stereocenters. The lowest BCUT2D eigenvalue weighted by Gasteiger charge is -2.13. The number of aliphatic hydroxyl groups excluding tert-OH is 1. The third kappa shape index (κ3) is 5.09. The lowest BCUT2D eigenvalue weighted by Crippen LogP contribution is -2.26. The molecule has 2 aromatic rings. The van der Waals surface area contributed by atoms with E-state index in [0.29, 0.717) is 23.7 Å². The highest BCUT2D eigenvalue weighted by molar-refractivity contribution is 7.89. The molecule has 1 atom stereocenters. The Morgan fingerprint density at radius 1 is 1.23 bits per heavy atom. The summed E-state index contributed by atoms with van der Waals surface area (Å²) in [5.41, 5.74) is 1.46. The maximum Gasteiger partial charge on any atom is 0.240 e. The number of furan rings is 1. The van der Waals surface area contributed by atoms with Crippen molar-refractivity contribution in [2.75, 3.05) is 13.2 Å². The third-order valence-electron chi connectivity index (χ3n) is 4.07. The molecule has 26 heavy (non-hydrogen) atoms. The van der Waals surface area contributed by atoms with Gasteiger partial charge in [-0.15, -0.1) is 0 Å². The van der Waals surface area contributed by atoms with Crippen LogP contribution in [-0.2, 0) is 10.0 Å². The molecular formula is C19H27NO5S. The molecule has 2 N–H and O–H groups in total. The van der Waals surface area contributed by atoms with Crippen LogP contribution in [0.4, 0.5) is 0 Å². The Balaban J connectivity index is 1.98. The molecule has 0 radical (unpaired) electrons. The maximum atomic E-state index is 12.4. The summed E-state index contributed by atoms with van der Waals surface area (Å²) in [5, 5.41) is 10.2. The molecule has 6 nitrogen and oxygen atoms in total. The van der Waals surface area contributed by atoms with Crippen molar-refractivity contribution in [3.05, 3.63) is 46.9 Å². The van der Waals surface area contributed by atoms with E-state index in [1.165, 1.54) is 6.07 Å². The molecule has 7 heteroatoms. The summed E-state index contributed by atoms with van der Waals surface area (Å²) in [5.74, 6) is 2.06. The summed E-state index contributed by atoms with van der Waals surface area (Å²) in [6.45, 7) is 8.13. The molecule has 0 aliphatic rings. The molecule has 0 fully saturated rings. The molecule has 0 bridgehead atoms. The first-order valence-electron chi connectivity index (χ1n) is 8.72. The van der Waals surface area contributed by atoms with Crippen molar-refractivity contribution in [1.29, 1.82) is 0 Å². The molecule has 0 aliphatic carbocycles. The van der Waals surface area contributed by atoms with Crippen LogP contribution >= 0.6 is 0 Å². The van der Waals surface area contributed by atoms with Crippen molar-refractivity contribution in [3.63, 3.8) is 0 Å². The van der Waals surface area contributed by atoms with Crippen LogP contribution in [-0.4, -0.2) is 26.7 Å². The maximum absolute atomic E-state index is 12.4. The fourth-order valence-electron chi connectivity index (χ4n) is 2.71. The molecule has 144 valence electrons. The normalized spacial score (nSPS) is 13.0. The highest BCUT2D eigenvalue weighted by Crippen LogP contribution is 2.24. The molecule has 1 aromatic carbocycles. The second kappa shape index (κ2) is 8.70. The average Bonchev–Trinajstić information content (AvgIpc) is 2.92. The summed E-state index contributed by atoms with van der Waals surface area (Å²) in [6.07, 6.45) is 0.371. The number of hydrogen-bond donors (Lipinski definition) is 2. The van der Waals surface area contributed by atoms with Crippen molar-refractivity contribution >= 4 is 10.0 Å². The van der Waals surface area contributed by atoms with Crippen molar-refractivity contribution in [2.45, 2.75) is 51.5 Å². The van der Waals surface area contributed by atoms with Crippen molar-refractivity contribution in [3.8, 4) is 5.75 Å². The van der Waals surface area contributed by atoms with Gasteiger partial charge in [0.1, 0.15) is 17.3 Å². The first kappa shape index (κ1) is 20.5. The Morgan fingerprint density at radius 3 is 2.54 bits per heavy atom. The zero-order chi connectivity index (χ0) is 19.3. The van der Waals surface area contributed by atoms with E-state index in [2.05, 4.69) is 4.72 Å². The van der Waals surface area contributed by atoms with Crippen LogP contribution in [0.1, 0.15) is 48.5 Å².